The highest BCUT2D eigenvalue weighted by atomic mass is 16.3. The first kappa shape index (κ1) is 16.5. The predicted molar refractivity (Wildman–Crippen MR) is 90.5 cm³/mol. The van der Waals surface area contributed by atoms with Gasteiger partial charge in [0.2, 0.25) is 0 Å². The molecule has 1 saturated carbocycles. The monoisotopic (exact) mass is 288 g/mol. The van der Waals surface area contributed by atoms with Crippen molar-refractivity contribution < 1.29 is 5.11 Å². The summed E-state index contributed by atoms with van der Waals surface area (Å²) in [6, 6.07) is 8.72. The first-order valence-corrected chi connectivity index (χ1v) is 8.83. The molecule has 1 nitrogen and oxygen atoms in total. The Morgan fingerprint density at radius 1 is 1.00 bits per heavy atom. The van der Waals surface area contributed by atoms with Crippen LogP contribution in [0.15, 0.2) is 24.3 Å². The molecule has 1 N–H and O–H groups in total. The summed E-state index contributed by atoms with van der Waals surface area (Å²) >= 11 is 0. The smallest absolute Gasteiger partial charge is 0.0818 e. The minimum atomic E-state index is -0.276. The molecule has 1 aromatic carbocycles. The first-order valence-electron chi connectivity index (χ1n) is 8.83. The number of benzene rings is 1. The van der Waals surface area contributed by atoms with Crippen LogP contribution in [-0.4, -0.2) is 5.11 Å². The number of hydrogen-bond donors (Lipinski definition) is 1. The first-order chi connectivity index (χ1) is 10.0. The predicted octanol–water partition coefficient (Wildman–Crippen LogP) is 5.77. The summed E-state index contributed by atoms with van der Waals surface area (Å²) in [6.07, 6.45) is 9.85. The fraction of sp³-hybridized carbons (Fsp3) is 0.700. The molecule has 0 radical (unpaired) electrons. The van der Waals surface area contributed by atoms with E-state index in [0.717, 1.165) is 12.0 Å². The van der Waals surface area contributed by atoms with E-state index in [2.05, 4.69) is 45.0 Å². The van der Waals surface area contributed by atoms with Gasteiger partial charge in [0.25, 0.3) is 0 Å². The molecule has 118 valence electrons. The van der Waals surface area contributed by atoms with E-state index in [-0.39, 0.29) is 11.5 Å². The molecule has 1 heteroatoms. The van der Waals surface area contributed by atoms with Gasteiger partial charge in [-0.2, -0.15) is 0 Å². The van der Waals surface area contributed by atoms with Crippen LogP contribution in [0.5, 0.6) is 0 Å². The fourth-order valence-corrected chi connectivity index (χ4v) is 3.41. The molecule has 1 aliphatic rings. The Balaban J connectivity index is 2.06. The third kappa shape index (κ3) is 4.32. The van der Waals surface area contributed by atoms with Crippen molar-refractivity contribution in [3.63, 3.8) is 0 Å². The maximum Gasteiger partial charge on any atom is 0.0818 e. The van der Waals surface area contributed by atoms with Gasteiger partial charge in [0.05, 0.1) is 6.10 Å². The van der Waals surface area contributed by atoms with E-state index < -0.39 is 0 Å². The molecule has 0 bridgehead atoms. The maximum absolute atomic E-state index is 10.7. The van der Waals surface area contributed by atoms with Crippen LogP contribution in [0.25, 0.3) is 0 Å². The molecule has 0 aromatic heterocycles. The van der Waals surface area contributed by atoms with Gasteiger partial charge in [-0.3, -0.25) is 0 Å². The van der Waals surface area contributed by atoms with E-state index in [9.17, 15) is 5.11 Å². The van der Waals surface area contributed by atoms with E-state index >= 15 is 0 Å². The molecule has 1 unspecified atom stereocenters. The van der Waals surface area contributed by atoms with Crippen molar-refractivity contribution in [2.24, 2.45) is 5.92 Å². The largest absolute Gasteiger partial charge is 0.388 e. The molecule has 0 amide bonds. The standard InChI is InChI=1S/C20H32O/c1-4-20(2,3)18-14-12-17(13-15-18)19(21)16-10-8-6-5-7-9-11-16/h12-16,19,21H,4-11H2,1-3H3. The molecule has 1 fully saturated rings. The maximum atomic E-state index is 10.7. The lowest BCUT2D eigenvalue weighted by molar-refractivity contribution is 0.0912. The van der Waals surface area contributed by atoms with E-state index in [1.165, 1.54) is 50.5 Å². The summed E-state index contributed by atoms with van der Waals surface area (Å²) in [6.45, 7) is 6.80. The lowest BCUT2D eigenvalue weighted by atomic mass is 9.80. The quantitative estimate of drug-likeness (QED) is 0.746. The van der Waals surface area contributed by atoms with E-state index in [4.69, 9.17) is 0 Å². The Labute approximate surface area is 130 Å². The average Bonchev–Trinajstić information content (AvgIpc) is 2.46. The van der Waals surface area contributed by atoms with Crippen LogP contribution in [0.4, 0.5) is 0 Å². The SMILES string of the molecule is CCC(C)(C)c1ccc(C(O)C2CCCCCCC2)cc1. The van der Waals surface area contributed by atoms with Gasteiger partial charge < -0.3 is 5.11 Å². The van der Waals surface area contributed by atoms with Gasteiger partial charge in [-0.15, -0.1) is 0 Å². The zero-order chi connectivity index (χ0) is 15.3. The molecule has 1 atom stereocenters. The normalized spacial score (nSPS) is 19.8. The Hall–Kier alpha value is -0.820. The van der Waals surface area contributed by atoms with Gasteiger partial charge in [0, 0.05) is 0 Å². The molecule has 21 heavy (non-hydrogen) atoms. The molecule has 0 saturated heterocycles. The fourth-order valence-electron chi connectivity index (χ4n) is 3.41. The highest BCUT2D eigenvalue weighted by molar-refractivity contribution is 5.29. The summed E-state index contributed by atoms with van der Waals surface area (Å²) in [7, 11) is 0. The molecule has 1 aromatic rings. The van der Waals surface area contributed by atoms with Gasteiger partial charge in [-0.25, -0.2) is 0 Å². The van der Waals surface area contributed by atoms with Crippen LogP contribution >= 0.6 is 0 Å². The molecular weight excluding hydrogens is 256 g/mol. The highest BCUT2D eigenvalue weighted by Crippen LogP contribution is 2.34. The Morgan fingerprint density at radius 2 is 1.52 bits per heavy atom. The molecule has 0 aliphatic heterocycles. The summed E-state index contributed by atoms with van der Waals surface area (Å²) < 4.78 is 0. The van der Waals surface area contributed by atoms with Gasteiger partial charge in [-0.1, -0.05) is 77.1 Å². The summed E-state index contributed by atoms with van der Waals surface area (Å²) in [5.41, 5.74) is 2.71. The molecule has 0 spiro atoms. The van der Waals surface area contributed by atoms with Crippen LogP contribution in [0.2, 0.25) is 0 Å². The van der Waals surface area contributed by atoms with Gasteiger partial charge in [0.1, 0.15) is 0 Å². The third-order valence-corrected chi connectivity index (χ3v) is 5.51. The molecule has 0 heterocycles. The number of rotatable bonds is 4. The number of aliphatic hydroxyl groups excluding tert-OH is 1. The third-order valence-electron chi connectivity index (χ3n) is 5.51. The lowest BCUT2D eigenvalue weighted by Gasteiger charge is -2.27. The van der Waals surface area contributed by atoms with Crippen molar-refractivity contribution in [3.05, 3.63) is 35.4 Å². The van der Waals surface area contributed by atoms with Crippen molar-refractivity contribution in [2.75, 3.05) is 0 Å². The van der Waals surface area contributed by atoms with Crippen LogP contribution in [-0.2, 0) is 5.41 Å². The zero-order valence-electron chi connectivity index (χ0n) is 14.1. The average molecular weight is 288 g/mol. The zero-order valence-corrected chi connectivity index (χ0v) is 14.1. The van der Waals surface area contributed by atoms with Crippen LogP contribution in [0.1, 0.15) is 89.4 Å². The molecule has 2 rings (SSSR count). The van der Waals surface area contributed by atoms with Gasteiger partial charge in [-0.05, 0) is 41.7 Å². The van der Waals surface area contributed by atoms with Crippen LogP contribution in [0, 0.1) is 5.92 Å². The van der Waals surface area contributed by atoms with Crippen molar-refractivity contribution in [3.8, 4) is 0 Å². The minimum absolute atomic E-state index is 0.226. The van der Waals surface area contributed by atoms with Crippen LogP contribution < -0.4 is 0 Å². The van der Waals surface area contributed by atoms with E-state index in [0.29, 0.717) is 5.92 Å². The lowest BCUT2D eigenvalue weighted by Crippen LogP contribution is -2.17. The topological polar surface area (TPSA) is 20.2 Å². The van der Waals surface area contributed by atoms with Crippen molar-refractivity contribution in [1.29, 1.82) is 0 Å². The van der Waals surface area contributed by atoms with Crippen LogP contribution in [0.3, 0.4) is 0 Å². The molecule has 1 aliphatic carbocycles. The second kappa shape index (κ2) is 7.45. The summed E-state index contributed by atoms with van der Waals surface area (Å²) in [5.74, 6) is 0.454. The second-order valence-electron chi connectivity index (χ2n) is 7.41. The summed E-state index contributed by atoms with van der Waals surface area (Å²) in [5, 5.41) is 10.7. The Bertz CT molecular complexity index is 410. The highest BCUT2D eigenvalue weighted by Gasteiger charge is 2.23. The van der Waals surface area contributed by atoms with Crippen molar-refractivity contribution in [2.45, 2.75) is 83.7 Å². The van der Waals surface area contributed by atoms with E-state index in [1.54, 1.807) is 0 Å². The molecular formula is C20H32O. The Morgan fingerprint density at radius 3 is 2.05 bits per heavy atom. The van der Waals surface area contributed by atoms with Gasteiger partial charge in [0.15, 0.2) is 0 Å². The minimum Gasteiger partial charge on any atom is -0.388 e. The van der Waals surface area contributed by atoms with Gasteiger partial charge >= 0.3 is 0 Å². The van der Waals surface area contributed by atoms with E-state index in [1.807, 2.05) is 0 Å². The summed E-state index contributed by atoms with van der Waals surface area (Å²) in [4.78, 5) is 0. The Kier molecular flexibility index (Phi) is 5.87. The number of hydrogen-bond acceptors (Lipinski definition) is 1. The van der Waals surface area contributed by atoms with Crippen molar-refractivity contribution >= 4 is 0 Å². The second-order valence-corrected chi connectivity index (χ2v) is 7.41. The number of aliphatic hydroxyl groups is 1. The van der Waals surface area contributed by atoms with Crippen molar-refractivity contribution in [1.82, 2.24) is 0 Å².